The Kier molecular flexibility index (Phi) is 5.48. The summed E-state index contributed by atoms with van der Waals surface area (Å²) in [7, 11) is 0. The van der Waals surface area contributed by atoms with Crippen LogP contribution in [0.5, 0.6) is 0 Å². The van der Waals surface area contributed by atoms with Gasteiger partial charge in [0.1, 0.15) is 0 Å². The molecule has 0 heterocycles. The van der Waals surface area contributed by atoms with Gasteiger partial charge in [-0.1, -0.05) is 51.4 Å². The van der Waals surface area contributed by atoms with Gasteiger partial charge in [0.25, 0.3) is 0 Å². The van der Waals surface area contributed by atoms with Gasteiger partial charge < -0.3 is 5.73 Å². The summed E-state index contributed by atoms with van der Waals surface area (Å²) in [6, 6.07) is 8.21. The van der Waals surface area contributed by atoms with Crippen LogP contribution in [0.4, 0.5) is 0 Å². The maximum atomic E-state index is 6.36. The van der Waals surface area contributed by atoms with E-state index in [0.29, 0.717) is 17.8 Å². The molecule has 2 heteroatoms. The minimum atomic E-state index is 0.202. The smallest absolute Gasteiger partial charge is 0.0408 e. The molecule has 0 aliphatic heterocycles. The third-order valence-corrected chi connectivity index (χ3v) is 3.63. The molecule has 1 rings (SSSR count). The summed E-state index contributed by atoms with van der Waals surface area (Å²) in [5.41, 5.74) is 7.59. The molecule has 1 aromatic carbocycles. The molecular weight excluding hydrogens is 230 g/mol. The van der Waals surface area contributed by atoms with Crippen molar-refractivity contribution < 1.29 is 0 Å². The highest BCUT2D eigenvalue weighted by Gasteiger charge is 2.24. The van der Waals surface area contributed by atoms with Crippen molar-refractivity contribution in [2.24, 2.45) is 23.5 Å². The van der Waals surface area contributed by atoms with Gasteiger partial charge in [-0.05, 0) is 41.9 Å². The molecule has 1 aromatic rings. The SMILES string of the molecule is CC(C)C(C(C)C)C(N)Cc1cccc(Cl)c1. The van der Waals surface area contributed by atoms with Crippen LogP contribution in [0.2, 0.25) is 5.02 Å². The first-order valence-electron chi connectivity index (χ1n) is 6.41. The fraction of sp³-hybridized carbons (Fsp3) is 0.600. The number of hydrogen-bond acceptors (Lipinski definition) is 1. The van der Waals surface area contributed by atoms with E-state index in [-0.39, 0.29) is 6.04 Å². The maximum absolute atomic E-state index is 6.36. The monoisotopic (exact) mass is 253 g/mol. The predicted octanol–water partition coefficient (Wildman–Crippen LogP) is 4.14. The highest BCUT2D eigenvalue weighted by atomic mass is 35.5. The Morgan fingerprint density at radius 1 is 1.12 bits per heavy atom. The van der Waals surface area contributed by atoms with E-state index in [1.54, 1.807) is 0 Å². The second-order valence-electron chi connectivity index (χ2n) is 5.56. The Bertz CT molecular complexity index is 339. The van der Waals surface area contributed by atoms with Crippen LogP contribution in [-0.2, 0) is 6.42 Å². The molecular formula is C15H24ClN. The largest absolute Gasteiger partial charge is 0.327 e. The molecule has 0 fully saturated rings. The molecule has 0 spiro atoms. The lowest BCUT2D eigenvalue weighted by Crippen LogP contribution is -2.38. The molecule has 1 atom stereocenters. The van der Waals surface area contributed by atoms with Gasteiger partial charge in [-0.25, -0.2) is 0 Å². The quantitative estimate of drug-likeness (QED) is 0.839. The number of hydrogen-bond donors (Lipinski definition) is 1. The lowest BCUT2D eigenvalue weighted by molar-refractivity contribution is 0.237. The minimum absolute atomic E-state index is 0.202. The van der Waals surface area contributed by atoms with Crippen molar-refractivity contribution in [3.8, 4) is 0 Å². The van der Waals surface area contributed by atoms with E-state index in [4.69, 9.17) is 17.3 Å². The van der Waals surface area contributed by atoms with Crippen molar-refractivity contribution in [2.45, 2.75) is 40.2 Å². The predicted molar refractivity (Wildman–Crippen MR) is 76.3 cm³/mol. The van der Waals surface area contributed by atoms with Crippen molar-refractivity contribution in [1.82, 2.24) is 0 Å². The Hall–Kier alpha value is -0.530. The molecule has 0 bridgehead atoms. The zero-order valence-electron chi connectivity index (χ0n) is 11.3. The average Bonchev–Trinajstić information content (AvgIpc) is 2.15. The topological polar surface area (TPSA) is 26.0 Å². The average molecular weight is 254 g/mol. The molecule has 1 nitrogen and oxygen atoms in total. The Labute approximate surface area is 110 Å². The number of benzene rings is 1. The van der Waals surface area contributed by atoms with Crippen LogP contribution in [-0.4, -0.2) is 6.04 Å². The number of halogens is 1. The van der Waals surface area contributed by atoms with Crippen molar-refractivity contribution in [3.63, 3.8) is 0 Å². The van der Waals surface area contributed by atoms with Gasteiger partial charge in [-0.3, -0.25) is 0 Å². The zero-order chi connectivity index (χ0) is 13.0. The van der Waals surface area contributed by atoms with Crippen LogP contribution in [0.15, 0.2) is 24.3 Å². The number of nitrogens with two attached hydrogens (primary N) is 1. The molecule has 0 radical (unpaired) electrons. The van der Waals surface area contributed by atoms with Gasteiger partial charge in [0.05, 0.1) is 0 Å². The fourth-order valence-corrected chi connectivity index (χ4v) is 3.04. The van der Waals surface area contributed by atoms with Crippen LogP contribution in [0, 0.1) is 17.8 Å². The van der Waals surface area contributed by atoms with Crippen LogP contribution in [0.1, 0.15) is 33.3 Å². The summed E-state index contributed by atoms with van der Waals surface area (Å²) < 4.78 is 0. The maximum Gasteiger partial charge on any atom is 0.0408 e. The van der Waals surface area contributed by atoms with Gasteiger partial charge >= 0.3 is 0 Å². The highest BCUT2D eigenvalue weighted by Crippen LogP contribution is 2.25. The van der Waals surface area contributed by atoms with Gasteiger partial charge in [0.2, 0.25) is 0 Å². The molecule has 0 saturated carbocycles. The molecule has 0 aliphatic carbocycles. The van der Waals surface area contributed by atoms with Gasteiger partial charge in [-0.2, -0.15) is 0 Å². The van der Waals surface area contributed by atoms with Crippen LogP contribution in [0.25, 0.3) is 0 Å². The first-order chi connectivity index (χ1) is 7.91. The molecule has 96 valence electrons. The Balaban J connectivity index is 2.73. The van der Waals surface area contributed by atoms with Crippen LogP contribution in [0.3, 0.4) is 0 Å². The molecule has 0 aromatic heterocycles. The first kappa shape index (κ1) is 14.5. The summed E-state index contributed by atoms with van der Waals surface area (Å²) in [6.07, 6.45) is 0.904. The Morgan fingerprint density at radius 2 is 1.71 bits per heavy atom. The molecule has 1 unspecified atom stereocenters. The second-order valence-corrected chi connectivity index (χ2v) is 6.00. The molecule has 0 saturated heterocycles. The fourth-order valence-electron chi connectivity index (χ4n) is 2.83. The summed E-state index contributed by atoms with van der Waals surface area (Å²) in [6.45, 7) is 9.01. The van der Waals surface area contributed by atoms with Gasteiger partial charge in [0, 0.05) is 11.1 Å². The van der Waals surface area contributed by atoms with Crippen LogP contribution < -0.4 is 5.73 Å². The van der Waals surface area contributed by atoms with E-state index in [2.05, 4.69) is 33.8 Å². The third-order valence-electron chi connectivity index (χ3n) is 3.39. The van der Waals surface area contributed by atoms with Crippen molar-refractivity contribution in [2.75, 3.05) is 0 Å². The molecule has 17 heavy (non-hydrogen) atoms. The summed E-state index contributed by atoms with van der Waals surface area (Å²) in [5.74, 6) is 1.78. The standard InChI is InChI=1S/C15H24ClN/c1-10(2)15(11(3)4)14(17)9-12-6-5-7-13(16)8-12/h5-8,10-11,14-15H,9,17H2,1-4H3. The van der Waals surface area contributed by atoms with E-state index in [0.717, 1.165) is 11.4 Å². The normalized spacial score (nSPS) is 13.7. The summed E-state index contributed by atoms with van der Waals surface area (Å²) >= 11 is 5.99. The van der Waals surface area contributed by atoms with E-state index in [1.165, 1.54) is 5.56 Å². The molecule has 0 amide bonds. The Morgan fingerprint density at radius 3 is 2.18 bits per heavy atom. The van der Waals surface area contributed by atoms with E-state index in [9.17, 15) is 0 Å². The zero-order valence-corrected chi connectivity index (χ0v) is 12.0. The highest BCUT2D eigenvalue weighted by molar-refractivity contribution is 6.30. The van der Waals surface area contributed by atoms with Crippen molar-refractivity contribution >= 4 is 11.6 Å². The molecule has 0 aliphatic rings. The minimum Gasteiger partial charge on any atom is -0.327 e. The molecule has 2 N–H and O–H groups in total. The van der Waals surface area contributed by atoms with E-state index in [1.807, 2.05) is 18.2 Å². The summed E-state index contributed by atoms with van der Waals surface area (Å²) in [5, 5.41) is 0.792. The lowest BCUT2D eigenvalue weighted by Gasteiger charge is -2.31. The van der Waals surface area contributed by atoms with Gasteiger partial charge in [0.15, 0.2) is 0 Å². The number of rotatable bonds is 5. The second kappa shape index (κ2) is 6.42. The van der Waals surface area contributed by atoms with Crippen LogP contribution >= 0.6 is 11.6 Å². The van der Waals surface area contributed by atoms with Crippen molar-refractivity contribution in [1.29, 1.82) is 0 Å². The van der Waals surface area contributed by atoms with E-state index >= 15 is 0 Å². The lowest BCUT2D eigenvalue weighted by atomic mass is 9.78. The first-order valence-corrected chi connectivity index (χ1v) is 6.79. The third kappa shape index (κ3) is 4.33. The summed E-state index contributed by atoms with van der Waals surface area (Å²) in [4.78, 5) is 0. The van der Waals surface area contributed by atoms with Crippen molar-refractivity contribution in [3.05, 3.63) is 34.9 Å². The van der Waals surface area contributed by atoms with Gasteiger partial charge in [-0.15, -0.1) is 0 Å². The van der Waals surface area contributed by atoms with E-state index < -0.39 is 0 Å².